The van der Waals surface area contributed by atoms with Gasteiger partial charge in [0.2, 0.25) is 5.91 Å². The van der Waals surface area contributed by atoms with Gasteiger partial charge in [-0.3, -0.25) is 14.4 Å². The number of rotatable bonds is 15. The molecule has 3 N–H and O–H groups in total. The van der Waals surface area contributed by atoms with Crippen molar-refractivity contribution in [1.29, 1.82) is 0 Å². The van der Waals surface area contributed by atoms with Gasteiger partial charge in [0.15, 0.2) is 11.6 Å². The number of nitrogens with one attached hydrogen (secondary N) is 1. The third-order valence-corrected chi connectivity index (χ3v) is 8.27. The normalized spacial score (nSPS) is 18.5. The number of ether oxygens (including phenoxy) is 1. The van der Waals surface area contributed by atoms with Crippen LogP contribution in [0.5, 0.6) is 0 Å². The second-order valence-corrected chi connectivity index (χ2v) is 11.4. The molecule has 1 aliphatic carbocycles. The van der Waals surface area contributed by atoms with Crippen LogP contribution in [0, 0.1) is 11.8 Å². The molecule has 1 unspecified atom stereocenters. The van der Waals surface area contributed by atoms with Crippen LogP contribution >= 0.6 is 0 Å². The Kier molecular flexibility index (Phi) is 13.5. The number of ketones is 1. The highest BCUT2D eigenvalue weighted by Gasteiger charge is 2.29. The second-order valence-electron chi connectivity index (χ2n) is 11.4. The minimum Gasteiger partial charge on any atom is -0.432 e. The summed E-state index contributed by atoms with van der Waals surface area (Å²) in [5.74, 6) is 0.657. The summed E-state index contributed by atoms with van der Waals surface area (Å²) in [5, 5.41) is 6.66. The van der Waals surface area contributed by atoms with E-state index in [-0.39, 0.29) is 23.4 Å². The first-order valence-electron chi connectivity index (χ1n) is 15.4. The van der Waals surface area contributed by atoms with Crippen molar-refractivity contribution in [2.24, 2.45) is 22.7 Å². The fourth-order valence-electron chi connectivity index (χ4n) is 5.44. The molecule has 0 radical (unpaired) electrons. The molecule has 0 aromatic heterocycles. The number of hydrogen-bond acceptors (Lipinski definition) is 6. The van der Waals surface area contributed by atoms with Crippen molar-refractivity contribution in [2.75, 3.05) is 6.61 Å². The molecule has 0 spiro atoms. The number of nitrogens with two attached hydrogens (primary N) is 1. The third kappa shape index (κ3) is 10.6. The van der Waals surface area contributed by atoms with Crippen molar-refractivity contribution >= 4 is 23.7 Å². The summed E-state index contributed by atoms with van der Waals surface area (Å²) in [6, 6.07) is 17.1. The van der Waals surface area contributed by atoms with Crippen LogP contribution in [-0.4, -0.2) is 36.3 Å². The number of nitrogens with zero attached hydrogens (tertiary/aromatic N) is 1. The fraction of sp³-hybridized carbons (Fsp3) is 0.529. The van der Waals surface area contributed by atoms with Gasteiger partial charge in [0.25, 0.3) is 0 Å². The molecule has 228 valence electrons. The number of unbranched alkanes of at least 4 members (excludes halogenated alkanes) is 1. The van der Waals surface area contributed by atoms with Crippen LogP contribution in [0.3, 0.4) is 0 Å². The van der Waals surface area contributed by atoms with Gasteiger partial charge in [-0.25, -0.2) is 4.79 Å². The molecule has 8 nitrogen and oxygen atoms in total. The van der Waals surface area contributed by atoms with Gasteiger partial charge in [-0.1, -0.05) is 99.3 Å². The lowest BCUT2D eigenvalue weighted by atomic mass is 9.77. The van der Waals surface area contributed by atoms with E-state index in [2.05, 4.69) is 36.5 Å². The van der Waals surface area contributed by atoms with Crippen molar-refractivity contribution in [3.8, 4) is 0 Å². The van der Waals surface area contributed by atoms with Crippen LogP contribution in [0.1, 0.15) is 101 Å². The lowest BCUT2D eigenvalue weighted by Gasteiger charge is -2.29. The van der Waals surface area contributed by atoms with Crippen molar-refractivity contribution in [2.45, 2.75) is 96.9 Å². The Bertz CT molecular complexity index is 1170. The minimum absolute atomic E-state index is 0.00385. The Labute approximate surface area is 250 Å². The SMILES string of the molecule is CCCCC(CC)COC(=O)O/N=C(\N)c1ccc(CCC(=O)[C@H](C)NC(=O)[C@@H]2CCC[C@H](c3ccccc3)C2)cc1. The number of Topliss-reactive ketones (excluding diaryl/α,β-unsaturated/α-hetero) is 1. The molecular weight excluding hydrogens is 530 g/mol. The van der Waals surface area contributed by atoms with E-state index < -0.39 is 12.2 Å². The minimum atomic E-state index is -0.872. The molecule has 3 rings (SSSR count). The van der Waals surface area contributed by atoms with Crippen LogP contribution in [0.15, 0.2) is 59.8 Å². The number of carbonyl (C=O) groups excluding carboxylic acids is 3. The van der Waals surface area contributed by atoms with Gasteiger partial charge in [0.05, 0.1) is 12.6 Å². The first-order chi connectivity index (χ1) is 20.3. The lowest BCUT2D eigenvalue weighted by molar-refractivity contribution is -0.130. The molecule has 1 fully saturated rings. The zero-order chi connectivity index (χ0) is 30.3. The summed E-state index contributed by atoms with van der Waals surface area (Å²) < 4.78 is 5.17. The largest absolute Gasteiger partial charge is 0.535 e. The topological polar surface area (TPSA) is 120 Å². The zero-order valence-electron chi connectivity index (χ0n) is 25.3. The third-order valence-electron chi connectivity index (χ3n) is 8.27. The van der Waals surface area contributed by atoms with Gasteiger partial charge in [-0.2, -0.15) is 0 Å². The van der Waals surface area contributed by atoms with Crippen molar-refractivity contribution < 1.29 is 24.0 Å². The van der Waals surface area contributed by atoms with Gasteiger partial charge in [0.1, 0.15) is 0 Å². The predicted molar refractivity (Wildman–Crippen MR) is 165 cm³/mol. The maximum absolute atomic E-state index is 13.0. The molecular formula is C34H47N3O5. The predicted octanol–water partition coefficient (Wildman–Crippen LogP) is 6.66. The number of aryl methyl sites for hydroxylation is 1. The summed E-state index contributed by atoms with van der Waals surface area (Å²) >= 11 is 0. The first-order valence-corrected chi connectivity index (χ1v) is 15.4. The van der Waals surface area contributed by atoms with Gasteiger partial charge in [-0.15, -0.1) is 0 Å². The van der Waals surface area contributed by atoms with E-state index in [9.17, 15) is 14.4 Å². The Hall–Kier alpha value is -3.68. The van der Waals surface area contributed by atoms with Crippen LogP contribution in [-0.2, 0) is 25.6 Å². The highest BCUT2D eigenvalue weighted by molar-refractivity contribution is 5.97. The molecule has 4 atom stereocenters. The Morgan fingerprint density at radius 2 is 1.79 bits per heavy atom. The second kappa shape index (κ2) is 17.3. The molecule has 1 aliphatic rings. The summed E-state index contributed by atoms with van der Waals surface area (Å²) in [6.45, 7) is 6.27. The molecule has 8 heteroatoms. The molecule has 1 amide bonds. The Morgan fingerprint density at radius 3 is 2.48 bits per heavy atom. The van der Waals surface area contributed by atoms with Crippen molar-refractivity contribution in [3.05, 3.63) is 71.3 Å². The molecule has 0 saturated heterocycles. The van der Waals surface area contributed by atoms with Crippen LogP contribution in [0.4, 0.5) is 4.79 Å². The standard InChI is InChI=1S/C34H47N3O5/c1-4-6-11-25(5-2)23-41-34(40)42-37-32(35)28-19-16-26(17-20-28)18-21-31(38)24(3)36-33(39)30-15-10-14-29(22-30)27-12-8-7-9-13-27/h7-9,12-13,16-17,19-20,24-25,29-30H,4-6,10-11,14-15,18,21-23H2,1-3H3,(H2,35,37)(H,36,39)/t24-,25?,29-,30+/m0/s1. The fourth-order valence-corrected chi connectivity index (χ4v) is 5.44. The number of amidine groups is 1. The first kappa shape index (κ1) is 32.8. The summed E-state index contributed by atoms with van der Waals surface area (Å²) in [7, 11) is 0. The highest BCUT2D eigenvalue weighted by atomic mass is 16.8. The van der Waals surface area contributed by atoms with Gasteiger partial charge >= 0.3 is 6.16 Å². The Morgan fingerprint density at radius 1 is 1.05 bits per heavy atom. The molecule has 42 heavy (non-hydrogen) atoms. The van der Waals surface area contributed by atoms with Gasteiger partial charge in [0, 0.05) is 17.9 Å². The number of carbonyl (C=O) groups is 3. The number of hydrogen-bond donors (Lipinski definition) is 2. The monoisotopic (exact) mass is 577 g/mol. The molecule has 1 saturated carbocycles. The lowest BCUT2D eigenvalue weighted by Crippen LogP contribution is -2.42. The average Bonchev–Trinajstić information content (AvgIpc) is 3.03. The highest BCUT2D eigenvalue weighted by Crippen LogP contribution is 2.36. The molecule has 2 aromatic rings. The summed E-state index contributed by atoms with van der Waals surface area (Å²) in [6.07, 6.45) is 7.90. The maximum Gasteiger partial charge on any atom is 0.535 e. The number of oxime groups is 1. The Balaban J connectivity index is 1.40. The molecule has 0 aliphatic heterocycles. The van der Waals surface area contributed by atoms with Gasteiger partial charge in [-0.05, 0) is 62.0 Å². The maximum atomic E-state index is 13.0. The van der Waals surface area contributed by atoms with E-state index in [1.807, 2.05) is 30.3 Å². The summed E-state index contributed by atoms with van der Waals surface area (Å²) in [4.78, 5) is 42.5. The average molecular weight is 578 g/mol. The van der Waals surface area contributed by atoms with Crippen molar-refractivity contribution in [1.82, 2.24) is 5.32 Å². The molecule has 0 bridgehead atoms. The van der Waals surface area contributed by atoms with E-state index in [1.54, 1.807) is 19.1 Å². The molecule has 0 heterocycles. The van der Waals surface area contributed by atoms with Crippen molar-refractivity contribution in [3.63, 3.8) is 0 Å². The van der Waals surface area contributed by atoms with E-state index in [1.165, 1.54) is 5.56 Å². The zero-order valence-corrected chi connectivity index (χ0v) is 25.3. The van der Waals surface area contributed by atoms with Crippen LogP contribution in [0.25, 0.3) is 0 Å². The quantitative estimate of drug-likeness (QED) is 0.0803. The van der Waals surface area contributed by atoms with Gasteiger partial charge < -0.3 is 15.8 Å². The smallest absolute Gasteiger partial charge is 0.432 e. The number of amides is 1. The van der Waals surface area contributed by atoms with Crippen LogP contribution < -0.4 is 11.1 Å². The van der Waals surface area contributed by atoms with E-state index >= 15 is 0 Å². The van der Waals surface area contributed by atoms with E-state index in [4.69, 9.17) is 15.3 Å². The van der Waals surface area contributed by atoms with E-state index in [0.717, 1.165) is 56.9 Å². The molecule has 2 aromatic carbocycles. The summed E-state index contributed by atoms with van der Waals surface area (Å²) in [5.41, 5.74) is 8.80. The van der Waals surface area contributed by atoms with E-state index in [0.29, 0.717) is 36.8 Å². The number of benzene rings is 2. The van der Waals surface area contributed by atoms with Crippen LogP contribution in [0.2, 0.25) is 0 Å².